The van der Waals surface area contributed by atoms with Crippen molar-refractivity contribution in [2.45, 2.75) is 13.3 Å². The van der Waals surface area contributed by atoms with Gasteiger partial charge in [-0.3, -0.25) is 9.98 Å². The molecule has 0 radical (unpaired) electrons. The molecule has 1 N–H and O–H groups in total. The molecule has 0 amide bonds. The number of aliphatic imine (C=N–C) groups is 1. The van der Waals surface area contributed by atoms with E-state index >= 15 is 0 Å². The standard InChI is InChI=1S/C18H16N4S/c1-12-21-18(11-23-12)13-3-2-4-15(7-13)22-16-8-14-9-19-6-5-17(14)20-10-16/h2-4,7-11,22H,5-6H2,1H3. The highest BCUT2D eigenvalue weighted by Crippen LogP contribution is 2.26. The number of hydrogen-bond donors (Lipinski definition) is 1. The fourth-order valence-corrected chi connectivity index (χ4v) is 3.27. The van der Waals surface area contributed by atoms with Crippen LogP contribution in [0.4, 0.5) is 11.4 Å². The summed E-state index contributed by atoms with van der Waals surface area (Å²) in [6, 6.07) is 10.4. The summed E-state index contributed by atoms with van der Waals surface area (Å²) in [6.45, 7) is 2.86. The molecule has 0 aliphatic carbocycles. The predicted octanol–water partition coefficient (Wildman–Crippen LogP) is 4.23. The van der Waals surface area contributed by atoms with Gasteiger partial charge < -0.3 is 5.32 Å². The van der Waals surface area contributed by atoms with Gasteiger partial charge in [0.2, 0.25) is 0 Å². The van der Waals surface area contributed by atoms with Crippen LogP contribution in [-0.2, 0) is 6.42 Å². The third kappa shape index (κ3) is 3.00. The number of benzene rings is 1. The van der Waals surface area contributed by atoms with Gasteiger partial charge in [0.25, 0.3) is 0 Å². The molecule has 3 heterocycles. The lowest BCUT2D eigenvalue weighted by Crippen LogP contribution is -2.06. The lowest BCUT2D eigenvalue weighted by molar-refractivity contribution is 0.906. The Labute approximate surface area is 139 Å². The first-order chi connectivity index (χ1) is 11.3. The van der Waals surface area contributed by atoms with Crippen molar-refractivity contribution in [1.29, 1.82) is 0 Å². The van der Waals surface area contributed by atoms with Crippen LogP contribution in [0.3, 0.4) is 0 Å². The Morgan fingerprint density at radius 2 is 2.13 bits per heavy atom. The predicted molar refractivity (Wildman–Crippen MR) is 96.0 cm³/mol. The molecule has 0 saturated heterocycles. The van der Waals surface area contributed by atoms with Gasteiger partial charge in [0.05, 0.1) is 28.3 Å². The second-order valence-electron chi connectivity index (χ2n) is 5.50. The SMILES string of the molecule is Cc1nc(-c2cccc(Nc3cnc4c(c3)C=NCC4)c2)cs1. The molecule has 0 atom stereocenters. The molecule has 1 aliphatic rings. The van der Waals surface area contributed by atoms with Crippen molar-refractivity contribution in [2.24, 2.45) is 4.99 Å². The molecule has 4 nitrogen and oxygen atoms in total. The highest BCUT2D eigenvalue weighted by Gasteiger charge is 2.08. The first-order valence-corrected chi connectivity index (χ1v) is 8.44. The minimum atomic E-state index is 0.835. The second kappa shape index (κ2) is 5.93. The Morgan fingerprint density at radius 1 is 1.17 bits per heavy atom. The van der Waals surface area contributed by atoms with Crippen LogP contribution in [0, 0.1) is 6.92 Å². The second-order valence-corrected chi connectivity index (χ2v) is 6.56. The molecule has 0 saturated carbocycles. The molecule has 3 aromatic rings. The molecule has 0 fully saturated rings. The summed E-state index contributed by atoms with van der Waals surface area (Å²) < 4.78 is 0. The topological polar surface area (TPSA) is 50.2 Å². The van der Waals surface area contributed by atoms with E-state index in [-0.39, 0.29) is 0 Å². The van der Waals surface area contributed by atoms with Gasteiger partial charge in [0.15, 0.2) is 0 Å². The van der Waals surface area contributed by atoms with E-state index in [1.54, 1.807) is 11.3 Å². The van der Waals surface area contributed by atoms with Crippen LogP contribution in [-0.4, -0.2) is 22.7 Å². The fourth-order valence-electron chi connectivity index (χ4n) is 2.65. The first kappa shape index (κ1) is 14.1. The van der Waals surface area contributed by atoms with Gasteiger partial charge in [0, 0.05) is 41.4 Å². The Kier molecular flexibility index (Phi) is 3.63. The fraction of sp³-hybridized carbons (Fsp3) is 0.167. The molecule has 0 bridgehead atoms. The number of aryl methyl sites for hydroxylation is 1. The number of hydrogen-bond acceptors (Lipinski definition) is 5. The molecule has 0 spiro atoms. The molecule has 1 aromatic carbocycles. The highest BCUT2D eigenvalue weighted by molar-refractivity contribution is 7.09. The van der Waals surface area contributed by atoms with E-state index in [0.29, 0.717) is 0 Å². The van der Waals surface area contributed by atoms with Crippen LogP contribution < -0.4 is 5.32 Å². The number of nitrogens with one attached hydrogen (secondary N) is 1. The summed E-state index contributed by atoms with van der Waals surface area (Å²) in [5, 5.41) is 6.59. The van der Waals surface area contributed by atoms with Crippen LogP contribution in [0.1, 0.15) is 16.3 Å². The van der Waals surface area contributed by atoms with Crippen LogP contribution in [0.25, 0.3) is 11.3 Å². The summed E-state index contributed by atoms with van der Waals surface area (Å²) >= 11 is 1.67. The summed E-state index contributed by atoms with van der Waals surface area (Å²) in [4.78, 5) is 13.4. The summed E-state index contributed by atoms with van der Waals surface area (Å²) in [5.41, 5.74) is 6.37. The number of rotatable bonds is 3. The van der Waals surface area contributed by atoms with E-state index in [4.69, 9.17) is 0 Å². The number of fused-ring (bicyclic) bond motifs is 1. The summed E-state index contributed by atoms with van der Waals surface area (Å²) in [7, 11) is 0. The van der Waals surface area contributed by atoms with E-state index in [1.807, 2.05) is 25.4 Å². The molecule has 0 unspecified atom stereocenters. The van der Waals surface area contributed by atoms with Gasteiger partial charge >= 0.3 is 0 Å². The molecule has 2 aromatic heterocycles. The minimum absolute atomic E-state index is 0.835. The monoisotopic (exact) mass is 320 g/mol. The third-order valence-electron chi connectivity index (χ3n) is 3.78. The normalized spacial score (nSPS) is 12.9. The molecular weight excluding hydrogens is 304 g/mol. The Morgan fingerprint density at radius 3 is 3.00 bits per heavy atom. The summed E-state index contributed by atoms with van der Waals surface area (Å²) in [5.74, 6) is 0. The van der Waals surface area contributed by atoms with E-state index < -0.39 is 0 Å². The lowest BCUT2D eigenvalue weighted by atomic mass is 10.1. The third-order valence-corrected chi connectivity index (χ3v) is 4.55. The van der Waals surface area contributed by atoms with Crippen molar-refractivity contribution < 1.29 is 0 Å². The zero-order chi connectivity index (χ0) is 15.6. The zero-order valence-corrected chi connectivity index (χ0v) is 13.6. The number of aromatic nitrogens is 2. The van der Waals surface area contributed by atoms with E-state index in [2.05, 4.69) is 49.9 Å². The van der Waals surface area contributed by atoms with Crippen LogP contribution in [0.2, 0.25) is 0 Å². The van der Waals surface area contributed by atoms with E-state index in [9.17, 15) is 0 Å². The van der Waals surface area contributed by atoms with Gasteiger partial charge in [-0.1, -0.05) is 12.1 Å². The van der Waals surface area contributed by atoms with Gasteiger partial charge in [-0.2, -0.15) is 0 Å². The lowest BCUT2D eigenvalue weighted by Gasteiger charge is -2.12. The molecule has 1 aliphatic heterocycles. The first-order valence-electron chi connectivity index (χ1n) is 7.56. The van der Waals surface area contributed by atoms with Gasteiger partial charge in [-0.05, 0) is 25.1 Å². The Balaban J connectivity index is 1.61. The largest absolute Gasteiger partial charge is 0.354 e. The Hall–Kier alpha value is -2.53. The van der Waals surface area contributed by atoms with Gasteiger partial charge in [-0.15, -0.1) is 11.3 Å². The minimum Gasteiger partial charge on any atom is -0.354 e. The molecule has 5 heteroatoms. The van der Waals surface area contributed by atoms with Crippen molar-refractivity contribution in [3.8, 4) is 11.3 Å². The van der Waals surface area contributed by atoms with Gasteiger partial charge in [-0.25, -0.2) is 4.98 Å². The number of nitrogens with zero attached hydrogens (tertiary/aromatic N) is 3. The average molecular weight is 320 g/mol. The van der Waals surface area contributed by atoms with Crippen molar-refractivity contribution in [3.05, 3.63) is 58.2 Å². The maximum atomic E-state index is 4.55. The number of anilines is 2. The van der Waals surface area contributed by atoms with Crippen LogP contribution in [0.15, 0.2) is 46.9 Å². The smallest absolute Gasteiger partial charge is 0.0901 e. The number of pyridine rings is 1. The van der Waals surface area contributed by atoms with Crippen molar-refractivity contribution in [2.75, 3.05) is 11.9 Å². The average Bonchev–Trinajstić information content (AvgIpc) is 3.02. The quantitative estimate of drug-likeness (QED) is 0.785. The van der Waals surface area contributed by atoms with E-state index in [1.165, 1.54) is 0 Å². The van der Waals surface area contributed by atoms with Crippen LogP contribution in [0.5, 0.6) is 0 Å². The molecule has 23 heavy (non-hydrogen) atoms. The highest BCUT2D eigenvalue weighted by atomic mass is 32.1. The van der Waals surface area contributed by atoms with E-state index in [0.717, 1.165) is 51.9 Å². The number of thiazole rings is 1. The Bertz CT molecular complexity index is 882. The van der Waals surface area contributed by atoms with Crippen molar-refractivity contribution in [1.82, 2.24) is 9.97 Å². The zero-order valence-electron chi connectivity index (χ0n) is 12.8. The van der Waals surface area contributed by atoms with Gasteiger partial charge in [0.1, 0.15) is 0 Å². The molecular formula is C18H16N4S. The molecule has 114 valence electrons. The molecule has 4 rings (SSSR count). The van der Waals surface area contributed by atoms with Crippen molar-refractivity contribution in [3.63, 3.8) is 0 Å². The van der Waals surface area contributed by atoms with Crippen LogP contribution >= 0.6 is 11.3 Å². The summed E-state index contributed by atoms with van der Waals surface area (Å²) in [6.07, 6.45) is 4.72. The maximum absolute atomic E-state index is 4.55. The van der Waals surface area contributed by atoms with Crippen molar-refractivity contribution >= 4 is 28.9 Å². The maximum Gasteiger partial charge on any atom is 0.0901 e.